The molecule has 0 aromatic carbocycles. The topological polar surface area (TPSA) is 66.0 Å². The van der Waals surface area contributed by atoms with Crippen LogP contribution in [0.3, 0.4) is 0 Å². The molecule has 2 atom stereocenters. The second-order valence-corrected chi connectivity index (χ2v) is 4.98. The molecule has 2 rings (SSSR count). The van der Waals surface area contributed by atoms with Gasteiger partial charge in [-0.3, -0.25) is 4.79 Å². The summed E-state index contributed by atoms with van der Waals surface area (Å²) in [5.41, 5.74) is -0.141. The Kier molecular flexibility index (Phi) is 3.43. The molecule has 1 saturated carbocycles. The molecule has 1 heterocycles. The van der Waals surface area contributed by atoms with Gasteiger partial charge >= 0.3 is 0 Å². The summed E-state index contributed by atoms with van der Waals surface area (Å²) < 4.78 is 0. The molecule has 82 valence electrons. The maximum Gasteiger partial charge on any atom is 0.251 e. The SMILES string of the molecule is O=c1ccnc(S[C@@H]2CCCC[C@H]2O)[nH]1. The second-order valence-electron chi connectivity index (χ2n) is 3.75. The zero-order valence-corrected chi connectivity index (χ0v) is 9.17. The summed E-state index contributed by atoms with van der Waals surface area (Å²) in [6.07, 6.45) is 5.31. The van der Waals surface area contributed by atoms with E-state index in [0.717, 1.165) is 25.7 Å². The standard InChI is InChI=1S/C10H14N2O2S/c13-7-3-1-2-4-8(7)15-10-11-6-5-9(14)12-10/h5-8,13H,1-4H2,(H,11,12,14)/t7-,8-/m1/s1. The maximum atomic E-state index is 11.0. The van der Waals surface area contributed by atoms with E-state index in [0.29, 0.717) is 5.16 Å². The lowest BCUT2D eigenvalue weighted by Gasteiger charge is -2.26. The van der Waals surface area contributed by atoms with E-state index in [2.05, 4.69) is 9.97 Å². The molecule has 1 fully saturated rings. The van der Waals surface area contributed by atoms with Crippen molar-refractivity contribution in [1.29, 1.82) is 0 Å². The highest BCUT2D eigenvalue weighted by Gasteiger charge is 2.24. The Morgan fingerprint density at radius 3 is 3.00 bits per heavy atom. The molecule has 1 aromatic rings. The van der Waals surface area contributed by atoms with Gasteiger partial charge in [-0.2, -0.15) is 0 Å². The number of nitrogens with zero attached hydrogens (tertiary/aromatic N) is 1. The van der Waals surface area contributed by atoms with Crippen LogP contribution in [0.1, 0.15) is 25.7 Å². The molecule has 0 bridgehead atoms. The van der Waals surface area contributed by atoms with E-state index in [-0.39, 0.29) is 16.9 Å². The molecule has 15 heavy (non-hydrogen) atoms. The minimum Gasteiger partial charge on any atom is -0.392 e. The van der Waals surface area contributed by atoms with E-state index in [1.54, 1.807) is 0 Å². The Morgan fingerprint density at radius 2 is 2.27 bits per heavy atom. The molecule has 1 aliphatic rings. The van der Waals surface area contributed by atoms with Crippen molar-refractivity contribution in [2.24, 2.45) is 0 Å². The number of nitrogens with one attached hydrogen (secondary N) is 1. The molecular weight excluding hydrogens is 212 g/mol. The molecule has 4 nitrogen and oxygen atoms in total. The number of hydrogen-bond donors (Lipinski definition) is 2. The number of H-pyrrole nitrogens is 1. The smallest absolute Gasteiger partial charge is 0.251 e. The average Bonchev–Trinajstić information content (AvgIpc) is 2.22. The first kappa shape index (κ1) is 10.7. The number of hydrogen-bond acceptors (Lipinski definition) is 4. The first-order valence-electron chi connectivity index (χ1n) is 5.16. The van der Waals surface area contributed by atoms with E-state index in [4.69, 9.17) is 0 Å². The summed E-state index contributed by atoms with van der Waals surface area (Å²) in [4.78, 5) is 17.8. The molecule has 0 aliphatic heterocycles. The molecule has 1 aromatic heterocycles. The predicted molar refractivity (Wildman–Crippen MR) is 59.0 cm³/mol. The Morgan fingerprint density at radius 1 is 1.47 bits per heavy atom. The molecule has 5 heteroatoms. The Bertz CT molecular complexity index is 380. The van der Waals surface area contributed by atoms with Crippen LogP contribution in [0.5, 0.6) is 0 Å². The number of aromatic amines is 1. The van der Waals surface area contributed by atoms with Gasteiger partial charge in [0.05, 0.1) is 6.10 Å². The third-order valence-corrected chi connectivity index (χ3v) is 3.86. The van der Waals surface area contributed by atoms with Crippen molar-refractivity contribution >= 4 is 11.8 Å². The van der Waals surface area contributed by atoms with Gasteiger partial charge in [0.2, 0.25) is 0 Å². The van der Waals surface area contributed by atoms with Gasteiger partial charge in [0.1, 0.15) is 0 Å². The van der Waals surface area contributed by atoms with Crippen LogP contribution in [0.25, 0.3) is 0 Å². The lowest BCUT2D eigenvalue weighted by molar-refractivity contribution is 0.137. The van der Waals surface area contributed by atoms with Gasteiger partial charge in [-0.15, -0.1) is 0 Å². The third kappa shape index (κ3) is 2.82. The van der Waals surface area contributed by atoms with Gasteiger partial charge in [-0.25, -0.2) is 4.98 Å². The van der Waals surface area contributed by atoms with Gasteiger partial charge in [-0.05, 0) is 12.8 Å². The summed E-state index contributed by atoms with van der Waals surface area (Å²) in [5, 5.41) is 10.5. The van der Waals surface area contributed by atoms with Crippen LogP contribution >= 0.6 is 11.8 Å². The fourth-order valence-electron chi connectivity index (χ4n) is 1.77. The van der Waals surface area contributed by atoms with Crippen LogP contribution in [-0.2, 0) is 0 Å². The van der Waals surface area contributed by atoms with Gasteiger partial charge < -0.3 is 10.1 Å². The summed E-state index contributed by atoms with van der Waals surface area (Å²) in [5.74, 6) is 0. The normalized spacial score (nSPS) is 26.5. The molecule has 0 saturated heterocycles. The Balaban J connectivity index is 2.04. The first-order chi connectivity index (χ1) is 7.25. The fourth-order valence-corrected chi connectivity index (χ4v) is 2.92. The van der Waals surface area contributed by atoms with E-state index in [1.165, 1.54) is 24.0 Å². The first-order valence-corrected chi connectivity index (χ1v) is 6.04. The molecule has 0 unspecified atom stereocenters. The van der Waals surface area contributed by atoms with E-state index >= 15 is 0 Å². The van der Waals surface area contributed by atoms with Crippen LogP contribution in [0.2, 0.25) is 0 Å². The van der Waals surface area contributed by atoms with Crippen LogP contribution in [0, 0.1) is 0 Å². The molecule has 1 aliphatic carbocycles. The minimum absolute atomic E-state index is 0.141. The van der Waals surface area contributed by atoms with E-state index in [1.807, 2.05) is 0 Å². The van der Waals surface area contributed by atoms with Crippen molar-refractivity contribution in [3.8, 4) is 0 Å². The van der Waals surface area contributed by atoms with Gasteiger partial charge in [0, 0.05) is 17.5 Å². The Labute approximate surface area is 92.1 Å². The molecule has 0 amide bonds. The van der Waals surface area contributed by atoms with Gasteiger partial charge in [-0.1, -0.05) is 24.6 Å². The highest BCUT2D eigenvalue weighted by Crippen LogP contribution is 2.31. The molecular formula is C10H14N2O2S. The van der Waals surface area contributed by atoms with Crippen LogP contribution in [-0.4, -0.2) is 26.4 Å². The summed E-state index contributed by atoms with van der Waals surface area (Å²) >= 11 is 1.47. The number of aliphatic hydroxyl groups excluding tert-OH is 1. The van der Waals surface area contributed by atoms with Crippen molar-refractivity contribution < 1.29 is 5.11 Å². The highest BCUT2D eigenvalue weighted by atomic mass is 32.2. The number of rotatable bonds is 2. The van der Waals surface area contributed by atoms with Gasteiger partial charge in [0.25, 0.3) is 5.56 Å². The zero-order chi connectivity index (χ0) is 10.7. The minimum atomic E-state index is -0.269. The Hall–Kier alpha value is -0.810. The highest BCUT2D eigenvalue weighted by molar-refractivity contribution is 7.99. The van der Waals surface area contributed by atoms with Crippen molar-refractivity contribution in [3.63, 3.8) is 0 Å². The maximum absolute atomic E-state index is 11.0. The van der Waals surface area contributed by atoms with Crippen molar-refractivity contribution in [2.45, 2.75) is 42.2 Å². The second kappa shape index (κ2) is 4.81. The van der Waals surface area contributed by atoms with Crippen molar-refractivity contribution in [3.05, 3.63) is 22.6 Å². The largest absolute Gasteiger partial charge is 0.392 e. The van der Waals surface area contributed by atoms with Crippen molar-refractivity contribution in [2.75, 3.05) is 0 Å². The number of aliphatic hydroxyl groups is 1. The van der Waals surface area contributed by atoms with Crippen LogP contribution in [0.15, 0.2) is 22.2 Å². The third-order valence-electron chi connectivity index (χ3n) is 2.58. The lowest BCUT2D eigenvalue weighted by atomic mass is 9.97. The predicted octanol–water partition coefficient (Wildman–Crippen LogP) is 1.17. The van der Waals surface area contributed by atoms with E-state index < -0.39 is 0 Å². The zero-order valence-electron chi connectivity index (χ0n) is 8.35. The van der Waals surface area contributed by atoms with Gasteiger partial charge in [0.15, 0.2) is 5.16 Å². The quantitative estimate of drug-likeness (QED) is 0.743. The number of aromatic nitrogens is 2. The molecule has 0 spiro atoms. The van der Waals surface area contributed by atoms with Crippen LogP contribution in [0.4, 0.5) is 0 Å². The van der Waals surface area contributed by atoms with Crippen molar-refractivity contribution in [1.82, 2.24) is 9.97 Å². The summed E-state index contributed by atoms with van der Waals surface area (Å²) in [6, 6.07) is 1.39. The summed E-state index contributed by atoms with van der Waals surface area (Å²) in [6.45, 7) is 0. The average molecular weight is 226 g/mol. The monoisotopic (exact) mass is 226 g/mol. The van der Waals surface area contributed by atoms with Crippen LogP contribution < -0.4 is 5.56 Å². The molecule has 0 radical (unpaired) electrons. The number of thioether (sulfide) groups is 1. The summed E-state index contributed by atoms with van der Waals surface area (Å²) in [7, 11) is 0. The molecule has 2 N–H and O–H groups in total. The lowest BCUT2D eigenvalue weighted by Crippen LogP contribution is -2.27. The fraction of sp³-hybridized carbons (Fsp3) is 0.600. The van der Waals surface area contributed by atoms with E-state index in [9.17, 15) is 9.90 Å².